The van der Waals surface area contributed by atoms with E-state index < -0.39 is 0 Å². The molecule has 1 atom stereocenters. The van der Waals surface area contributed by atoms with Crippen molar-refractivity contribution in [3.63, 3.8) is 0 Å². The average Bonchev–Trinajstić information content (AvgIpc) is 3.35. The molecule has 0 N–H and O–H groups in total. The van der Waals surface area contributed by atoms with E-state index in [1.54, 1.807) is 10.9 Å². The minimum atomic E-state index is 0.0451. The normalized spacial score (nSPS) is 17.8. The Morgan fingerprint density at radius 1 is 1.16 bits per heavy atom. The number of hydrogen-bond acceptors (Lipinski definition) is 3. The van der Waals surface area contributed by atoms with Gasteiger partial charge >= 0.3 is 0 Å². The topological polar surface area (TPSA) is 60.9 Å². The Hall–Kier alpha value is -2.83. The summed E-state index contributed by atoms with van der Waals surface area (Å²) in [6.07, 6.45) is 9.44. The molecule has 0 radical (unpaired) electrons. The lowest BCUT2D eigenvalue weighted by Crippen LogP contribution is -2.39. The van der Waals surface area contributed by atoms with Crippen LogP contribution in [-0.2, 0) is 14.1 Å². The highest BCUT2D eigenvalue weighted by Gasteiger charge is 2.29. The molecule has 3 aromatic rings. The van der Waals surface area contributed by atoms with Gasteiger partial charge in [-0.1, -0.05) is 0 Å². The number of hydrogen-bond donors (Lipinski definition) is 0. The van der Waals surface area contributed by atoms with E-state index in [1.165, 1.54) is 5.69 Å². The van der Waals surface area contributed by atoms with Gasteiger partial charge in [-0.2, -0.15) is 10.2 Å². The molecule has 1 amide bonds. The maximum Gasteiger partial charge on any atom is 0.259 e. The Kier molecular flexibility index (Phi) is 3.91. The summed E-state index contributed by atoms with van der Waals surface area (Å²) in [4.78, 5) is 15.1. The summed E-state index contributed by atoms with van der Waals surface area (Å²) in [5, 5.41) is 8.57. The molecule has 7 nitrogen and oxygen atoms in total. The first-order chi connectivity index (χ1) is 12.1. The first-order valence-electron chi connectivity index (χ1n) is 8.57. The zero-order chi connectivity index (χ0) is 17.4. The van der Waals surface area contributed by atoms with Crippen molar-refractivity contribution in [1.82, 2.24) is 29.0 Å². The highest BCUT2D eigenvalue weighted by atomic mass is 16.2. The highest BCUT2D eigenvalue weighted by molar-refractivity contribution is 5.97. The van der Waals surface area contributed by atoms with Crippen LogP contribution in [0.4, 0.5) is 0 Å². The second-order valence-corrected chi connectivity index (χ2v) is 6.57. The van der Waals surface area contributed by atoms with Gasteiger partial charge in [-0.25, -0.2) is 0 Å². The molecule has 0 aromatic carbocycles. The van der Waals surface area contributed by atoms with Crippen LogP contribution in [0, 0.1) is 0 Å². The lowest BCUT2D eigenvalue weighted by molar-refractivity contribution is 0.0704. The Bertz CT molecular complexity index is 875. The van der Waals surface area contributed by atoms with E-state index >= 15 is 0 Å². The molecule has 1 aliphatic heterocycles. The largest absolute Gasteiger partial charge is 0.338 e. The van der Waals surface area contributed by atoms with Crippen LogP contribution in [0.5, 0.6) is 0 Å². The fourth-order valence-corrected chi connectivity index (χ4v) is 3.72. The molecule has 0 spiro atoms. The second kappa shape index (κ2) is 6.23. The van der Waals surface area contributed by atoms with E-state index in [2.05, 4.69) is 10.2 Å². The van der Waals surface area contributed by atoms with Crippen LogP contribution in [0.25, 0.3) is 5.82 Å². The summed E-state index contributed by atoms with van der Waals surface area (Å²) >= 11 is 0. The van der Waals surface area contributed by atoms with Gasteiger partial charge in [-0.15, -0.1) is 0 Å². The summed E-state index contributed by atoms with van der Waals surface area (Å²) in [6, 6.07) is 5.94. The molecule has 4 rings (SSSR count). The van der Waals surface area contributed by atoms with Crippen molar-refractivity contribution in [3.05, 3.63) is 54.2 Å². The van der Waals surface area contributed by atoms with Crippen LogP contribution in [0.1, 0.15) is 34.8 Å². The second-order valence-electron chi connectivity index (χ2n) is 6.57. The Labute approximate surface area is 146 Å². The predicted octanol–water partition coefficient (Wildman–Crippen LogP) is 1.96. The molecule has 1 saturated heterocycles. The van der Waals surface area contributed by atoms with E-state index in [-0.39, 0.29) is 5.91 Å². The van der Waals surface area contributed by atoms with Crippen LogP contribution in [0.2, 0.25) is 0 Å². The fourth-order valence-electron chi connectivity index (χ4n) is 3.72. The first kappa shape index (κ1) is 15.7. The van der Waals surface area contributed by atoms with E-state index in [9.17, 15) is 4.79 Å². The number of carbonyl (C=O) groups excluding carboxylic acids is 1. The SMILES string of the molecule is Cn1nccc1C1CCCN(C(=O)c2cnn(C)c2-n2cccc2)C1. The molecular formula is C18H22N6O. The third kappa shape index (κ3) is 2.75. The number of aromatic nitrogens is 5. The van der Waals surface area contributed by atoms with Gasteiger partial charge in [0.2, 0.25) is 0 Å². The molecule has 1 aliphatic rings. The van der Waals surface area contributed by atoms with Gasteiger partial charge in [0.1, 0.15) is 11.4 Å². The summed E-state index contributed by atoms with van der Waals surface area (Å²) < 4.78 is 5.59. The zero-order valence-corrected chi connectivity index (χ0v) is 14.5. The molecule has 25 heavy (non-hydrogen) atoms. The third-order valence-electron chi connectivity index (χ3n) is 4.97. The standard InChI is InChI=1S/C18H22N6O/c1-21-16(7-8-19-21)14-6-5-11-24(13-14)18(25)15-12-20-22(2)17(15)23-9-3-4-10-23/h3-4,7-10,12,14H,5-6,11,13H2,1-2H3. The lowest BCUT2D eigenvalue weighted by Gasteiger charge is -2.32. The number of nitrogens with zero attached hydrogens (tertiary/aromatic N) is 6. The smallest absolute Gasteiger partial charge is 0.259 e. The van der Waals surface area contributed by atoms with Gasteiger partial charge in [0.25, 0.3) is 5.91 Å². The van der Waals surface area contributed by atoms with Crippen molar-refractivity contribution in [1.29, 1.82) is 0 Å². The minimum Gasteiger partial charge on any atom is -0.338 e. The lowest BCUT2D eigenvalue weighted by atomic mass is 9.94. The third-order valence-corrected chi connectivity index (χ3v) is 4.97. The van der Waals surface area contributed by atoms with Gasteiger partial charge in [0.15, 0.2) is 0 Å². The van der Waals surface area contributed by atoms with Crippen LogP contribution in [0.3, 0.4) is 0 Å². The van der Waals surface area contributed by atoms with Crippen LogP contribution >= 0.6 is 0 Å². The van der Waals surface area contributed by atoms with Crippen LogP contribution in [0.15, 0.2) is 43.0 Å². The van der Waals surface area contributed by atoms with E-state index in [4.69, 9.17) is 0 Å². The van der Waals surface area contributed by atoms with Gasteiger partial charge in [0.05, 0.1) is 6.20 Å². The van der Waals surface area contributed by atoms with Crippen molar-refractivity contribution < 1.29 is 4.79 Å². The van der Waals surface area contributed by atoms with Gasteiger partial charge < -0.3 is 9.47 Å². The molecular weight excluding hydrogens is 316 g/mol. The summed E-state index contributed by atoms with van der Waals surface area (Å²) in [5.74, 6) is 1.18. The summed E-state index contributed by atoms with van der Waals surface area (Å²) in [6.45, 7) is 1.51. The predicted molar refractivity (Wildman–Crippen MR) is 93.6 cm³/mol. The molecule has 7 heteroatoms. The molecule has 4 heterocycles. The van der Waals surface area contributed by atoms with Crippen molar-refractivity contribution in [2.45, 2.75) is 18.8 Å². The number of rotatable bonds is 3. The van der Waals surface area contributed by atoms with Gasteiger partial charge in [-0.3, -0.25) is 14.2 Å². The number of carbonyl (C=O) groups is 1. The molecule has 0 saturated carbocycles. The number of piperidine rings is 1. The zero-order valence-electron chi connectivity index (χ0n) is 14.5. The van der Waals surface area contributed by atoms with E-state index in [0.717, 1.165) is 31.7 Å². The minimum absolute atomic E-state index is 0.0451. The molecule has 1 fully saturated rings. The van der Waals surface area contributed by atoms with Gasteiger partial charge in [0, 0.05) is 57.4 Å². The fraction of sp³-hybridized carbons (Fsp3) is 0.389. The molecule has 1 unspecified atom stereocenters. The van der Waals surface area contributed by atoms with Crippen molar-refractivity contribution in [2.75, 3.05) is 13.1 Å². The van der Waals surface area contributed by atoms with Crippen LogP contribution < -0.4 is 0 Å². The van der Waals surface area contributed by atoms with Crippen molar-refractivity contribution in [3.8, 4) is 5.82 Å². The molecule has 3 aromatic heterocycles. The quantitative estimate of drug-likeness (QED) is 0.733. The maximum absolute atomic E-state index is 13.2. The Morgan fingerprint density at radius 2 is 1.96 bits per heavy atom. The number of likely N-dealkylation sites (tertiary alicyclic amines) is 1. The average molecular weight is 338 g/mol. The van der Waals surface area contributed by atoms with E-state index in [0.29, 0.717) is 11.5 Å². The highest BCUT2D eigenvalue weighted by Crippen LogP contribution is 2.28. The summed E-state index contributed by atoms with van der Waals surface area (Å²) in [5.41, 5.74) is 1.83. The van der Waals surface area contributed by atoms with E-state index in [1.807, 2.05) is 65.0 Å². The number of amides is 1. The number of aryl methyl sites for hydroxylation is 2. The summed E-state index contributed by atoms with van der Waals surface area (Å²) in [7, 11) is 3.82. The van der Waals surface area contributed by atoms with Gasteiger partial charge in [-0.05, 0) is 31.0 Å². The van der Waals surface area contributed by atoms with Crippen molar-refractivity contribution in [2.24, 2.45) is 14.1 Å². The van der Waals surface area contributed by atoms with Crippen molar-refractivity contribution >= 4 is 5.91 Å². The Balaban J connectivity index is 1.60. The first-order valence-corrected chi connectivity index (χ1v) is 8.57. The monoisotopic (exact) mass is 338 g/mol. The molecule has 130 valence electrons. The maximum atomic E-state index is 13.2. The van der Waals surface area contributed by atoms with Crippen LogP contribution in [-0.4, -0.2) is 48.0 Å². The molecule has 0 aliphatic carbocycles. The Morgan fingerprint density at radius 3 is 2.68 bits per heavy atom. The molecule has 0 bridgehead atoms.